The number of alkyl halides is 2. The zero-order chi connectivity index (χ0) is 10.1. The van der Waals surface area contributed by atoms with E-state index in [1.807, 2.05) is 0 Å². The highest BCUT2D eigenvalue weighted by molar-refractivity contribution is 5.41. The molecule has 0 aliphatic rings. The summed E-state index contributed by atoms with van der Waals surface area (Å²) >= 11 is 0. The smallest absolute Gasteiger partial charge is 0.295 e. The molecule has 0 bridgehead atoms. The van der Waals surface area contributed by atoms with Crippen molar-refractivity contribution in [1.82, 2.24) is 0 Å². The summed E-state index contributed by atoms with van der Waals surface area (Å²) in [6, 6.07) is 2.59. The van der Waals surface area contributed by atoms with Gasteiger partial charge in [0, 0.05) is 5.56 Å². The van der Waals surface area contributed by atoms with Crippen LogP contribution in [0.2, 0.25) is 0 Å². The third-order valence-electron chi connectivity index (χ3n) is 1.60. The number of halogens is 2. The van der Waals surface area contributed by atoms with Crippen LogP contribution in [0, 0.1) is 0 Å². The monoisotopic (exact) mass is 190 g/mol. The van der Waals surface area contributed by atoms with Crippen molar-refractivity contribution in [3.05, 3.63) is 23.8 Å². The van der Waals surface area contributed by atoms with Crippen molar-refractivity contribution in [3.63, 3.8) is 0 Å². The molecule has 0 heterocycles. The highest BCUT2D eigenvalue weighted by Crippen LogP contribution is 2.33. The van der Waals surface area contributed by atoms with Crippen molar-refractivity contribution >= 4 is 0 Å². The van der Waals surface area contributed by atoms with Crippen LogP contribution in [0.5, 0.6) is 11.5 Å². The van der Waals surface area contributed by atoms with E-state index in [0.717, 1.165) is 12.1 Å². The Labute approximate surface area is 72.9 Å². The molecule has 0 amide bonds. The van der Waals surface area contributed by atoms with Crippen LogP contribution in [0.25, 0.3) is 0 Å². The van der Waals surface area contributed by atoms with Crippen molar-refractivity contribution < 1.29 is 24.1 Å². The van der Waals surface area contributed by atoms with Gasteiger partial charge in [0.25, 0.3) is 5.92 Å². The van der Waals surface area contributed by atoms with Crippen molar-refractivity contribution in [3.8, 4) is 11.5 Å². The molecule has 1 aromatic rings. The van der Waals surface area contributed by atoms with Crippen LogP contribution >= 0.6 is 0 Å². The Morgan fingerprint density at radius 2 is 1.77 bits per heavy atom. The highest BCUT2D eigenvalue weighted by atomic mass is 19.3. The lowest BCUT2D eigenvalue weighted by Gasteiger charge is -2.13. The number of phenols is 2. The van der Waals surface area contributed by atoms with Gasteiger partial charge in [-0.25, -0.2) is 0 Å². The standard InChI is InChI=1S/C8H8F2O3/c9-8(10,4-11)5-1-2-6(12)7(13)3-5/h1-3,11-13H,4H2. The van der Waals surface area contributed by atoms with E-state index in [0.29, 0.717) is 6.07 Å². The summed E-state index contributed by atoms with van der Waals surface area (Å²) in [7, 11) is 0. The van der Waals surface area contributed by atoms with Crippen LogP contribution in [0.4, 0.5) is 8.78 Å². The van der Waals surface area contributed by atoms with E-state index in [4.69, 9.17) is 15.3 Å². The summed E-state index contributed by atoms with van der Waals surface area (Å²) < 4.78 is 25.5. The topological polar surface area (TPSA) is 60.7 Å². The molecular formula is C8H8F2O3. The molecule has 0 atom stereocenters. The molecule has 0 aliphatic heterocycles. The first kappa shape index (κ1) is 9.73. The van der Waals surface area contributed by atoms with Crippen LogP contribution < -0.4 is 0 Å². The maximum absolute atomic E-state index is 12.8. The summed E-state index contributed by atoms with van der Waals surface area (Å²) in [5, 5.41) is 26.0. The first-order valence-electron chi connectivity index (χ1n) is 3.48. The number of aromatic hydroxyl groups is 2. The van der Waals surface area contributed by atoms with Gasteiger partial charge >= 0.3 is 0 Å². The summed E-state index contributed by atoms with van der Waals surface area (Å²) in [4.78, 5) is 0. The Hall–Kier alpha value is -1.36. The third kappa shape index (κ3) is 1.86. The van der Waals surface area contributed by atoms with Crippen molar-refractivity contribution in [1.29, 1.82) is 0 Å². The number of aliphatic hydroxyl groups is 1. The maximum atomic E-state index is 12.8. The second-order valence-electron chi connectivity index (χ2n) is 2.57. The number of aliphatic hydroxyl groups excluding tert-OH is 1. The molecular weight excluding hydrogens is 182 g/mol. The molecule has 5 heteroatoms. The Balaban J connectivity index is 3.10. The average molecular weight is 190 g/mol. The molecule has 1 aromatic carbocycles. The maximum Gasteiger partial charge on any atom is 0.295 e. The Morgan fingerprint density at radius 3 is 2.23 bits per heavy atom. The fourth-order valence-corrected chi connectivity index (χ4v) is 0.842. The van der Waals surface area contributed by atoms with Gasteiger partial charge in [-0.15, -0.1) is 0 Å². The van der Waals surface area contributed by atoms with Crippen LogP contribution in [0.15, 0.2) is 18.2 Å². The Kier molecular flexibility index (Phi) is 2.38. The van der Waals surface area contributed by atoms with Gasteiger partial charge in [-0.05, 0) is 18.2 Å². The summed E-state index contributed by atoms with van der Waals surface area (Å²) in [6.45, 7) is -1.34. The zero-order valence-electron chi connectivity index (χ0n) is 6.54. The normalized spacial score (nSPS) is 11.6. The number of hydrogen-bond donors (Lipinski definition) is 3. The van der Waals surface area contributed by atoms with Crippen molar-refractivity contribution in [2.75, 3.05) is 6.61 Å². The number of hydrogen-bond acceptors (Lipinski definition) is 3. The number of rotatable bonds is 2. The van der Waals surface area contributed by atoms with Gasteiger partial charge < -0.3 is 15.3 Å². The highest BCUT2D eigenvalue weighted by Gasteiger charge is 2.30. The lowest BCUT2D eigenvalue weighted by Crippen LogP contribution is -2.18. The van der Waals surface area contributed by atoms with Gasteiger partial charge in [0.2, 0.25) is 0 Å². The molecule has 0 unspecified atom stereocenters. The van der Waals surface area contributed by atoms with Crippen LogP contribution in [-0.2, 0) is 5.92 Å². The lowest BCUT2D eigenvalue weighted by atomic mass is 10.1. The lowest BCUT2D eigenvalue weighted by molar-refractivity contribution is -0.0557. The number of benzene rings is 1. The molecule has 0 fully saturated rings. The minimum atomic E-state index is -3.40. The van der Waals surface area contributed by atoms with E-state index in [1.54, 1.807) is 0 Å². The summed E-state index contributed by atoms with van der Waals surface area (Å²) in [5.41, 5.74) is -0.537. The van der Waals surface area contributed by atoms with Gasteiger partial charge in [0.1, 0.15) is 6.61 Å². The molecule has 72 valence electrons. The summed E-state index contributed by atoms with van der Waals surface area (Å²) in [5.74, 6) is -4.51. The Bertz CT molecular complexity index is 312. The second kappa shape index (κ2) is 3.18. The van der Waals surface area contributed by atoms with E-state index >= 15 is 0 Å². The molecule has 0 aromatic heterocycles. The molecule has 0 radical (unpaired) electrons. The zero-order valence-corrected chi connectivity index (χ0v) is 6.54. The van der Waals surface area contributed by atoms with Gasteiger partial charge in [0.05, 0.1) is 0 Å². The predicted octanol–water partition coefficient (Wildman–Crippen LogP) is 1.18. The first-order valence-corrected chi connectivity index (χ1v) is 3.48. The Morgan fingerprint density at radius 1 is 1.15 bits per heavy atom. The van der Waals surface area contributed by atoms with Crippen molar-refractivity contribution in [2.45, 2.75) is 5.92 Å². The summed E-state index contributed by atoms with van der Waals surface area (Å²) in [6.07, 6.45) is 0. The van der Waals surface area contributed by atoms with Gasteiger partial charge in [0.15, 0.2) is 11.5 Å². The largest absolute Gasteiger partial charge is 0.504 e. The molecule has 13 heavy (non-hydrogen) atoms. The molecule has 3 N–H and O–H groups in total. The molecule has 0 saturated heterocycles. The minimum absolute atomic E-state index is 0.475. The molecule has 0 aliphatic carbocycles. The second-order valence-corrected chi connectivity index (χ2v) is 2.57. The fourth-order valence-electron chi connectivity index (χ4n) is 0.842. The van der Waals surface area contributed by atoms with Crippen LogP contribution in [0.3, 0.4) is 0 Å². The quantitative estimate of drug-likeness (QED) is 0.613. The van der Waals surface area contributed by atoms with Gasteiger partial charge in [-0.1, -0.05) is 0 Å². The van der Waals surface area contributed by atoms with Crippen LogP contribution in [-0.4, -0.2) is 21.9 Å². The van der Waals surface area contributed by atoms with Crippen molar-refractivity contribution in [2.24, 2.45) is 0 Å². The molecule has 0 spiro atoms. The van der Waals surface area contributed by atoms with E-state index in [2.05, 4.69) is 0 Å². The predicted molar refractivity (Wildman–Crippen MR) is 40.8 cm³/mol. The third-order valence-corrected chi connectivity index (χ3v) is 1.60. The van der Waals surface area contributed by atoms with E-state index in [9.17, 15) is 8.78 Å². The van der Waals surface area contributed by atoms with E-state index in [1.165, 1.54) is 0 Å². The fraction of sp³-hybridized carbons (Fsp3) is 0.250. The SMILES string of the molecule is OCC(F)(F)c1ccc(O)c(O)c1. The number of phenolic OH excluding ortho intramolecular Hbond substituents is 2. The minimum Gasteiger partial charge on any atom is -0.504 e. The van der Waals surface area contributed by atoms with E-state index < -0.39 is 29.6 Å². The molecule has 3 nitrogen and oxygen atoms in total. The van der Waals surface area contributed by atoms with E-state index in [-0.39, 0.29) is 0 Å². The molecule has 1 rings (SSSR count). The van der Waals surface area contributed by atoms with Crippen LogP contribution in [0.1, 0.15) is 5.56 Å². The van der Waals surface area contributed by atoms with Gasteiger partial charge in [-0.2, -0.15) is 8.78 Å². The van der Waals surface area contributed by atoms with Gasteiger partial charge in [-0.3, -0.25) is 0 Å². The molecule has 0 saturated carbocycles. The average Bonchev–Trinajstić information content (AvgIpc) is 2.09. The first-order chi connectivity index (χ1) is 5.97.